The van der Waals surface area contributed by atoms with Crippen LogP contribution in [-0.2, 0) is 14.3 Å². The molecule has 0 bridgehead atoms. The SMILES string of the molecule is CC/C=C/CC/C=C/CCCC(O)C(O)C(COC1OC(CO)C(O)C(O)C1O)NC(=O)C(O)CCCCCCCCCCCCCCCCCCCCCCCCCCCCCCCCCCCCCC. The molecule has 0 aromatic rings. The number of carbonyl (C=O) groups excluding carboxylic acids is 1. The number of amides is 1. The van der Waals surface area contributed by atoms with Gasteiger partial charge in [0.05, 0.1) is 25.4 Å². The summed E-state index contributed by atoms with van der Waals surface area (Å²) < 4.78 is 11.1. The molecule has 0 radical (unpaired) electrons. The Hall–Kier alpha value is -1.41. The molecule has 1 amide bonds. The van der Waals surface area contributed by atoms with Crippen molar-refractivity contribution in [1.82, 2.24) is 5.32 Å². The molecule has 1 aliphatic rings. The van der Waals surface area contributed by atoms with Crippen LogP contribution < -0.4 is 5.32 Å². The zero-order valence-electron chi connectivity index (χ0n) is 46.7. The van der Waals surface area contributed by atoms with Crippen LogP contribution in [0.15, 0.2) is 24.3 Å². The third-order valence-electron chi connectivity index (χ3n) is 15.0. The summed E-state index contributed by atoms with van der Waals surface area (Å²) >= 11 is 0. The average molecular weight is 1020 g/mol. The van der Waals surface area contributed by atoms with Gasteiger partial charge in [-0.2, -0.15) is 0 Å². The number of aliphatic hydroxyl groups excluding tert-OH is 7. The molecule has 0 aromatic heterocycles. The Morgan fingerprint density at radius 3 is 1.25 bits per heavy atom. The molecule has 1 aliphatic heterocycles. The molecule has 72 heavy (non-hydrogen) atoms. The number of hydrogen-bond donors (Lipinski definition) is 8. The Morgan fingerprint density at radius 2 is 0.861 bits per heavy atom. The molecule has 11 heteroatoms. The van der Waals surface area contributed by atoms with E-state index in [-0.39, 0.29) is 12.8 Å². The van der Waals surface area contributed by atoms with Gasteiger partial charge in [0.2, 0.25) is 5.91 Å². The van der Waals surface area contributed by atoms with E-state index in [2.05, 4.69) is 37.4 Å². The summed E-state index contributed by atoms with van der Waals surface area (Å²) in [5, 5.41) is 75.7. The highest BCUT2D eigenvalue weighted by Gasteiger charge is 2.44. The van der Waals surface area contributed by atoms with Gasteiger partial charge in [-0.05, 0) is 44.9 Å². The summed E-state index contributed by atoms with van der Waals surface area (Å²) in [6.07, 6.45) is 50.3. The number of allylic oxidation sites excluding steroid dienone is 4. The highest BCUT2D eigenvalue weighted by Crippen LogP contribution is 2.24. The minimum Gasteiger partial charge on any atom is -0.394 e. The van der Waals surface area contributed by atoms with Gasteiger partial charge in [0.15, 0.2) is 6.29 Å². The molecule has 9 atom stereocenters. The van der Waals surface area contributed by atoms with E-state index >= 15 is 0 Å². The monoisotopic (exact) mass is 1020 g/mol. The van der Waals surface area contributed by atoms with Gasteiger partial charge < -0.3 is 50.5 Å². The first-order valence-electron chi connectivity index (χ1n) is 30.7. The lowest BCUT2D eigenvalue weighted by atomic mass is 9.98. The maximum atomic E-state index is 13.1. The molecular weight excluding hydrogens is 907 g/mol. The third kappa shape index (κ3) is 38.2. The maximum absolute atomic E-state index is 13.1. The summed E-state index contributed by atoms with van der Waals surface area (Å²) in [6, 6.07) is -1.19. The fourth-order valence-corrected chi connectivity index (χ4v) is 10.1. The van der Waals surface area contributed by atoms with Crippen molar-refractivity contribution in [2.24, 2.45) is 0 Å². The van der Waals surface area contributed by atoms with Crippen molar-refractivity contribution in [3.05, 3.63) is 24.3 Å². The number of aliphatic hydroxyl groups is 7. The molecule has 1 heterocycles. The largest absolute Gasteiger partial charge is 0.394 e. The lowest BCUT2D eigenvalue weighted by Crippen LogP contribution is -2.60. The molecular formula is C61H117NO10. The highest BCUT2D eigenvalue weighted by molar-refractivity contribution is 5.80. The smallest absolute Gasteiger partial charge is 0.249 e. The summed E-state index contributed by atoms with van der Waals surface area (Å²) in [5.41, 5.74) is 0. The van der Waals surface area contributed by atoms with E-state index in [1.807, 2.05) is 6.08 Å². The van der Waals surface area contributed by atoms with Crippen LogP contribution in [-0.4, -0.2) is 110 Å². The van der Waals surface area contributed by atoms with Crippen molar-refractivity contribution in [3.63, 3.8) is 0 Å². The van der Waals surface area contributed by atoms with Gasteiger partial charge >= 0.3 is 0 Å². The van der Waals surface area contributed by atoms with E-state index in [1.165, 1.54) is 205 Å². The molecule has 9 unspecified atom stereocenters. The molecule has 1 fully saturated rings. The van der Waals surface area contributed by atoms with Crippen LogP contribution >= 0.6 is 0 Å². The van der Waals surface area contributed by atoms with Gasteiger partial charge in [0, 0.05) is 0 Å². The average Bonchev–Trinajstić information content (AvgIpc) is 3.38. The summed E-state index contributed by atoms with van der Waals surface area (Å²) in [6.45, 7) is 3.32. The fraction of sp³-hybridized carbons (Fsp3) is 0.918. The second-order valence-electron chi connectivity index (χ2n) is 21.7. The van der Waals surface area contributed by atoms with E-state index in [0.717, 1.165) is 38.5 Å². The van der Waals surface area contributed by atoms with Crippen molar-refractivity contribution in [2.45, 2.75) is 345 Å². The standard InChI is InChI=1S/C61H117NO10/c1-3-5-7-9-11-13-14-15-16-17-18-19-20-21-22-23-24-25-26-27-28-29-30-31-32-33-34-35-36-37-38-39-41-43-45-47-49-54(65)60(70)62-52(51-71-61-59(69)58(68)57(67)55(50-63)72-61)56(66)53(64)48-46-44-42-40-12-10-8-6-4-2/h6,8,40,42,52-59,61,63-69H,3-5,7,9-39,41,43-51H2,1-2H3,(H,62,70)/b8-6+,42-40+. The zero-order valence-corrected chi connectivity index (χ0v) is 46.7. The van der Waals surface area contributed by atoms with Crippen molar-refractivity contribution in [1.29, 1.82) is 0 Å². The van der Waals surface area contributed by atoms with Gasteiger partial charge in [-0.15, -0.1) is 0 Å². The molecule has 426 valence electrons. The fourth-order valence-electron chi connectivity index (χ4n) is 10.1. The van der Waals surface area contributed by atoms with Crippen molar-refractivity contribution >= 4 is 5.91 Å². The maximum Gasteiger partial charge on any atom is 0.249 e. The third-order valence-corrected chi connectivity index (χ3v) is 15.0. The summed E-state index contributed by atoms with van der Waals surface area (Å²) in [5.74, 6) is -0.708. The number of unbranched alkanes of at least 4 members (excludes halogenated alkanes) is 37. The van der Waals surface area contributed by atoms with Crippen LogP contribution in [0.2, 0.25) is 0 Å². The number of hydrogen-bond acceptors (Lipinski definition) is 10. The molecule has 11 nitrogen and oxygen atoms in total. The zero-order chi connectivity index (χ0) is 52.5. The second kappa shape index (κ2) is 50.4. The Morgan fingerprint density at radius 1 is 0.486 bits per heavy atom. The number of ether oxygens (including phenoxy) is 2. The first-order chi connectivity index (χ1) is 35.2. The van der Waals surface area contributed by atoms with Crippen LogP contribution in [0, 0.1) is 0 Å². The van der Waals surface area contributed by atoms with E-state index in [4.69, 9.17) is 9.47 Å². The molecule has 0 aliphatic carbocycles. The quantitative estimate of drug-likeness (QED) is 0.0215. The second-order valence-corrected chi connectivity index (χ2v) is 21.7. The first kappa shape index (κ1) is 68.6. The van der Waals surface area contributed by atoms with Crippen LogP contribution in [0.1, 0.15) is 290 Å². The normalized spacial score (nSPS) is 20.2. The lowest BCUT2D eigenvalue weighted by Gasteiger charge is -2.40. The van der Waals surface area contributed by atoms with Gasteiger partial charge in [-0.25, -0.2) is 0 Å². The van der Waals surface area contributed by atoms with Crippen molar-refractivity contribution in [3.8, 4) is 0 Å². The number of rotatable bonds is 53. The number of nitrogens with one attached hydrogen (secondary N) is 1. The van der Waals surface area contributed by atoms with Crippen molar-refractivity contribution < 1.29 is 50.0 Å². The van der Waals surface area contributed by atoms with Gasteiger partial charge in [-0.1, -0.05) is 269 Å². The molecule has 8 N–H and O–H groups in total. The van der Waals surface area contributed by atoms with Crippen LogP contribution in [0.4, 0.5) is 0 Å². The van der Waals surface area contributed by atoms with E-state index in [1.54, 1.807) is 0 Å². The minimum absolute atomic E-state index is 0.246. The molecule has 1 saturated heterocycles. The van der Waals surface area contributed by atoms with Crippen molar-refractivity contribution in [2.75, 3.05) is 13.2 Å². The van der Waals surface area contributed by atoms with Crippen LogP contribution in [0.25, 0.3) is 0 Å². The highest BCUT2D eigenvalue weighted by atomic mass is 16.7. The van der Waals surface area contributed by atoms with Gasteiger partial charge in [-0.3, -0.25) is 4.79 Å². The predicted octanol–water partition coefficient (Wildman–Crippen LogP) is 13.3. The minimum atomic E-state index is -1.67. The number of carbonyl (C=O) groups is 1. The van der Waals surface area contributed by atoms with Gasteiger partial charge in [0.1, 0.15) is 36.6 Å². The summed E-state index contributed by atoms with van der Waals surface area (Å²) in [4.78, 5) is 13.1. The Balaban J connectivity index is 2.07. The molecule has 0 saturated carbocycles. The van der Waals surface area contributed by atoms with E-state index in [0.29, 0.717) is 19.3 Å². The Kier molecular flexibility index (Phi) is 48.0. The predicted molar refractivity (Wildman–Crippen MR) is 298 cm³/mol. The first-order valence-corrected chi connectivity index (χ1v) is 30.7. The van der Waals surface area contributed by atoms with E-state index < -0.39 is 74.2 Å². The topological polar surface area (TPSA) is 189 Å². The molecule has 0 aromatic carbocycles. The van der Waals surface area contributed by atoms with Crippen LogP contribution in [0.3, 0.4) is 0 Å². The summed E-state index contributed by atoms with van der Waals surface area (Å²) in [7, 11) is 0. The van der Waals surface area contributed by atoms with E-state index in [9.17, 15) is 40.5 Å². The molecule has 1 rings (SSSR count). The molecule has 0 spiro atoms. The van der Waals surface area contributed by atoms with Gasteiger partial charge in [0.25, 0.3) is 0 Å². The lowest BCUT2D eigenvalue weighted by molar-refractivity contribution is -0.303. The Bertz CT molecular complexity index is 1220. The Labute approximate surface area is 442 Å². The van der Waals surface area contributed by atoms with Crippen LogP contribution in [0.5, 0.6) is 0 Å².